The first-order valence-electron chi connectivity index (χ1n) is 6.72. The highest BCUT2D eigenvalue weighted by Crippen LogP contribution is 2.07. The Labute approximate surface area is 115 Å². The lowest BCUT2D eigenvalue weighted by Gasteiger charge is -2.16. The van der Waals surface area contributed by atoms with Gasteiger partial charge < -0.3 is 19.9 Å². The number of aliphatic hydroxyl groups is 1. The lowest BCUT2D eigenvalue weighted by Crippen LogP contribution is -2.32. The maximum Gasteiger partial charge on any atom is 0.0897 e. The van der Waals surface area contributed by atoms with Gasteiger partial charge in [0.15, 0.2) is 0 Å². The van der Waals surface area contributed by atoms with Gasteiger partial charge >= 0.3 is 0 Å². The molecular formula is C14H24N2O3. The van der Waals surface area contributed by atoms with Crippen molar-refractivity contribution < 1.29 is 14.6 Å². The third kappa shape index (κ3) is 7.22. The molecule has 0 saturated heterocycles. The van der Waals surface area contributed by atoms with E-state index in [1.807, 2.05) is 32.0 Å². The van der Waals surface area contributed by atoms with Crippen molar-refractivity contribution >= 4 is 0 Å². The molecule has 1 aromatic heterocycles. The zero-order chi connectivity index (χ0) is 13.9. The van der Waals surface area contributed by atoms with Crippen LogP contribution in [0.4, 0.5) is 0 Å². The van der Waals surface area contributed by atoms with Gasteiger partial charge in [-0.15, -0.1) is 0 Å². The Morgan fingerprint density at radius 3 is 2.79 bits per heavy atom. The van der Waals surface area contributed by atoms with Crippen LogP contribution in [0.15, 0.2) is 24.4 Å². The number of aromatic nitrogens is 1. The molecule has 0 fully saturated rings. The van der Waals surface area contributed by atoms with Gasteiger partial charge in [-0.05, 0) is 26.0 Å². The summed E-state index contributed by atoms with van der Waals surface area (Å²) in [7, 11) is 0. The average Bonchev–Trinajstić information content (AvgIpc) is 2.45. The van der Waals surface area contributed by atoms with E-state index in [4.69, 9.17) is 9.47 Å². The van der Waals surface area contributed by atoms with Crippen molar-refractivity contribution in [3.05, 3.63) is 30.1 Å². The van der Waals surface area contributed by atoms with Crippen molar-refractivity contribution in [2.75, 3.05) is 33.0 Å². The molecule has 0 radical (unpaired) electrons. The minimum atomic E-state index is -0.521. The zero-order valence-corrected chi connectivity index (χ0v) is 11.7. The molecule has 2 N–H and O–H groups in total. The molecule has 108 valence electrons. The van der Waals surface area contributed by atoms with E-state index in [-0.39, 0.29) is 6.04 Å². The Balaban J connectivity index is 2.11. The molecule has 5 heteroatoms. The predicted octanol–water partition coefficient (Wildman–Crippen LogP) is 1.15. The summed E-state index contributed by atoms with van der Waals surface area (Å²) in [6.45, 7) is 6.53. The molecule has 0 saturated carbocycles. The van der Waals surface area contributed by atoms with E-state index in [0.717, 1.165) is 5.69 Å². The van der Waals surface area contributed by atoms with E-state index in [1.165, 1.54) is 0 Å². The SMILES string of the molecule is CCOCCOCC(O)CN[C@H](C)c1ccccn1. The highest BCUT2D eigenvalue weighted by Gasteiger charge is 2.09. The van der Waals surface area contributed by atoms with Crippen LogP contribution in [0.2, 0.25) is 0 Å². The summed E-state index contributed by atoms with van der Waals surface area (Å²) in [5.41, 5.74) is 0.965. The Morgan fingerprint density at radius 1 is 1.32 bits per heavy atom. The second kappa shape index (κ2) is 9.86. The van der Waals surface area contributed by atoms with Crippen LogP contribution >= 0.6 is 0 Å². The molecule has 0 aliphatic rings. The van der Waals surface area contributed by atoms with Crippen LogP contribution in [-0.2, 0) is 9.47 Å². The number of ether oxygens (including phenoxy) is 2. The fourth-order valence-corrected chi connectivity index (χ4v) is 1.59. The third-order valence-electron chi connectivity index (χ3n) is 2.68. The zero-order valence-electron chi connectivity index (χ0n) is 11.7. The van der Waals surface area contributed by atoms with Crippen LogP contribution in [-0.4, -0.2) is 49.2 Å². The first kappa shape index (κ1) is 16.0. The summed E-state index contributed by atoms with van der Waals surface area (Å²) in [6, 6.07) is 5.91. The number of rotatable bonds is 10. The summed E-state index contributed by atoms with van der Waals surface area (Å²) in [4.78, 5) is 4.26. The van der Waals surface area contributed by atoms with E-state index in [2.05, 4.69) is 10.3 Å². The molecule has 19 heavy (non-hydrogen) atoms. The highest BCUT2D eigenvalue weighted by molar-refractivity contribution is 5.07. The Hall–Kier alpha value is -1.01. The minimum Gasteiger partial charge on any atom is -0.389 e. The van der Waals surface area contributed by atoms with Crippen LogP contribution in [0.25, 0.3) is 0 Å². The van der Waals surface area contributed by atoms with Gasteiger partial charge in [-0.3, -0.25) is 4.98 Å². The molecule has 1 rings (SSSR count). The highest BCUT2D eigenvalue weighted by atomic mass is 16.5. The first-order chi connectivity index (χ1) is 9.24. The van der Waals surface area contributed by atoms with Crippen molar-refractivity contribution in [1.29, 1.82) is 0 Å². The van der Waals surface area contributed by atoms with Gasteiger partial charge in [-0.25, -0.2) is 0 Å². The van der Waals surface area contributed by atoms with Gasteiger partial charge in [-0.1, -0.05) is 6.07 Å². The van der Waals surface area contributed by atoms with Crippen LogP contribution in [0.5, 0.6) is 0 Å². The maximum atomic E-state index is 9.75. The molecule has 0 bridgehead atoms. The Bertz CT molecular complexity index is 322. The normalized spacial score (nSPS) is 14.3. The maximum absolute atomic E-state index is 9.75. The Kier molecular flexibility index (Phi) is 8.33. The summed E-state index contributed by atoms with van der Waals surface area (Å²) >= 11 is 0. The molecular weight excluding hydrogens is 244 g/mol. The fraction of sp³-hybridized carbons (Fsp3) is 0.643. The minimum absolute atomic E-state index is 0.110. The standard InChI is InChI=1S/C14H24N2O3/c1-3-18-8-9-19-11-13(17)10-16-12(2)14-6-4-5-7-15-14/h4-7,12-13,16-17H,3,8-11H2,1-2H3/t12-,13?/m1/s1. The van der Waals surface area contributed by atoms with Crippen LogP contribution in [0, 0.1) is 0 Å². The van der Waals surface area contributed by atoms with Crippen molar-refractivity contribution in [2.24, 2.45) is 0 Å². The van der Waals surface area contributed by atoms with Crippen molar-refractivity contribution in [1.82, 2.24) is 10.3 Å². The first-order valence-corrected chi connectivity index (χ1v) is 6.72. The largest absolute Gasteiger partial charge is 0.389 e. The second-order valence-electron chi connectivity index (χ2n) is 4.31. The van der Waals surface area contributed by atoms with E-state index in [9.17, 15) is 5.11 Å². The number of pyridine rings is 1. The molecule has 2 atom stereocenters. The number of hydrogen-bond acceptors (Lipinski definition) is 5. The molecule has 0 aliphatic heterocycles. The van der Waals surface area contributed by atoms with Crippen LogP contribution in [0.3, 0.4) is 0 Å². The third-order valence-corrected chi connectivity index (χ3v) is 2.68. The molecule has 1 heterocycles. The summed E-state index contributed by atoms with van der Waals surface area (Å²) < 4.78 is 10.4. The van der Waals surface area contributed by atoms with E-state index in [0.29, 0.717) is 33.0 Å². The monoisotopic (exact) mass is 268 g/mol. The smallest absolute Gasteiger partial charge is 0.0897 e. The Morgan fingerprint density at radius 2 is 2.11 bits per heavy atom. The lowest BCUT2D eigenvalue weighted by atomic mass is 10.2. The van der Waals surface area contributed by atoms with Gasteiger partial charge in [0.2, 0.25) is 0 Å². The quantitative estimate of drug-likeness (QED) is 0.623. The van der Waals surface area contributed by atoms with Crippen molar-refractivity contribution in [3.63, 3.8) is 0 Å². The van der Waals surface area contributed by atoms with Crippen molar-refractivity contribution in [2.45, 2.75) is 26.0 Å². The lowest BCUT2D eigenvalue weighted by molar-refractivity contribution is 0.00583. The summed E-state index contributed by atoms with van der Waals surface area (Å²) in [5, 5.41) is 13.0. The molecule has 1 aromatic rings. The number of nitrogens with zero attached hydrogens (tertiary/aromatic N) is 1. The van der Waals surface area contributed by atoms with Gasteiger partial charge in [-0.2, -0.15) is 0 Å². The number of hydrogen-bond donors (Lipinski definition) is 2. The van der Waals surface area contributed by atoms with Crippen LogP contribution in [0.1, 0.15) is 25.6 Å². The van der Waals surface area contributed by atoms with Gasteiger partial charge in [0, 0.05) is 25.4 Å². The van der Waals surface area contributed by atoms with E-state index < -0.39 is 6.10 Å². The summed E-state index contributed by atoms with van der Waals surface area (Å²) in [6.07, 6.45) is 1.24. The summed E-state index contributed by atoms with van der Waals surface area (Å²) in [5.74, 6) is 0. The number of nitrogens with one attached hydrogen (secondary N) is 1. The molecule has 0 aromatic carbocycles. The topological polar surface area (TPSA) is 63.6 Å². The van der Waals surface area contributed by atoms with Crippen molar-refractivity contribution in [3.8, 4) is 0 Å². The fourth-order valence-electron chi connectivity index (χ4n) is 1.59. The average molecular weight is 268 g/mol. The number of aliphatic hydroxyl groups excluding tert-OH is 1. The predicted molar refractivity (Wildman–Crippen MR) is 74.0 cm³/mol. The molecule has 0 amide bonds. The van der Waals surface area contributed by atoms with E-state index >= 15 is 0 Å². The van der Waals surface area contributed by atoms with Gasteiger partial charge in [0.1, 0.15) is 0 Å². The second-order valence-corrected chi connectivity index (χ2v) is 4.31. The molecule has 1 unspecified atom stereocenters. The molecule has 0 spiro atoms. The van der Waals surface area contributed by atoms with Gasteiger partial charge in [0.05, 0.1) is 31.6 Å². The van der Waals surface area contributed by atoms with Crippen LogP contribution < -0.4 is 5.32 Å². The van der Waals surface area contributed by atoms with E-state index in [1.54, 1.807) is 6.20 Å². The molecule has 5 nitrogen and oxygen atoms in total. The van der Waals surface area contributed by atoms with Gasteiger partial charge in [0.25, 0.3) is 0 Å². The molecule has 0 aliphatic carbocycles.